The van der Waals surface area contributed by atoms with Crippen LogP contribution in [0.15, 0.2) is 52.3 Å². The predicted molar refractivity (Wildman–Crippen MR) is 112 cm³/mol. The minimum atomic E-state index is -3.73. The third-order valence-electron chi connectivity index (χ3n) is 3.86. The van der Waals surface area contributed by atoms with E-state index in [-0.39, 0.29) is 27.9 Å². The molecule has 0 radical (unpaired) electrons. The molecule has 0 atom stereocenters. The van der Waals surface area contributed by atoms with Crippen LogP contribution in [0.3, 0.4) is 0 Å². The number of nitrogens with one attached hydrogen (secondary N) is 2. The molecule has 150 valence electrons. The van der Waals surface area contributed by atoms with Crippen LogP contribution in [-0.4, -0.2) is 52.0 Å². The Labute approximate surface area is 173 Å². The molecule has 0 spiro atoms. The summed E-state index contributed by atoms with van der Waals surface area (Å²) in [6.45, 7) is -0.221. The van der Waals surface area contributed by atoms with Gasteiger partial charge in [-0.3, -0.25) is 9.59 Å². The fourth-order valence-corrected chi connectivity index (χ4v) is 3.89. The van der Waals surface area contributed by atoms with Gasteiger partial charge in [0.2, 0.25) is 15.9 Å². The Morgan fingerprint density at radius 3 is 2.50 bits per heavy atom. The largest absolute Gasteiger partial charge is 0.332 e. The third kappa shape index (κ3) is 5.26. The van der Waals surface area contributed by atoms with Gasteiger partial charge in [0.15, 0.2) is 0 Å². The van der Waals surface area contributed by atoms with E-state index in [9.17, 15) is 18.0 Å². The molecule has 2 aromatic carbocycles. The molecule has 28 heavy (non-hydrogen) atoms. The van der Waals surface area contributed by atoms with Gasteiger partial charge in [-0.1, -0.05) is 23.7 Å². The number of benzene rings is 2. The zero-order valence-corrected chi connectivity index (χ0v) is 17.9. The maximum Gasteiger partial charge on any atom is 0.255 e. The number of carbonyl (C=O) groups excluding carboxylic acids is 2. The summed E-state index contributed by atoms with van der Waals surface area (Å²) in [7, 11) is -1.01. The molecular weight excluding hydrogens is 422 g/mol. The molecule has 0 aliphatic carbocycles. The lowest BCUT2D eigenvalue weighted by Gasteiger charge is -2.18. The van der Waals surface area contributed by atoms with E-state index >= 15 is 0 Å². The number of anilines is 1. The second kappa shape index (κ2) is 9.42. The van der Waals surface area contributed by atoms with Crippen LogP contribution in [0.2, 0.25) is 5.02 Å². The minimum absolute atomic E-state index is 0.00203. The zero-order chi connectivity index (χ0) is 20.9. The van der Waals surface area contributed by atoms with Crippen LogP contribution in [0.1, 0.15) is 10.4 Å². The number of hydrogen-bond donors (Lipinski definition) is 2. The van der Waals surface area contributed by atoms with E-state index in [4.69, 9.17) is 11.6 Å². The average molecular weight is 442 g/mol. The summed E-state index contributed by atoms with van der Waals surface area (Å²) in [5.41, 5.74) is 0.652. The summed E-state index contributed by atoms with van der Waals surface area (Å²) in [6.07, 6.45) is 1.90. The number of para-hydroxylation sites is 1. The molecule has 0 heterocycles. The van der Waals surface area contributed by atoms with Gasteiger partial charge in [-0.2, -0.15) is 0 Å². The van der Waals surface area contributed by atoms with Crippen LogP contribution >= 0.6 is 23.4 Å². The molecule has 7 nitrogen and oxygen atoms in total. The van der Waals surface area contributed by atoms with Gasteiger partial charge in [0, 0.05) is 11.9 Å². The number of amides is 2. The lowest BCUT2D eigenvalue weighted by atomic mass is 10.2. The summed E-state index contributed by atoms with van der Waals surface area (Å²) in [4.78, 5) is 27.0. The molecule has 2 rings (SSSR count). The van der Waals surface area contributed by atoms with Crippen molar-refractivity contribution >= 4 is 50.9 Å². The van der Waals surface area contributed by atoms with E-state index in [1.54, 1.807) is 12.1 Å². The van der Waals surface area contributed by atoms with Crippen LogP contribution in [-0.2, 0) is 14.8 Å². The van der Waals surface area contributed by atoms with Gasteiger partial charge in [-0.05, 0) is 43.6 Å². The molecule has 0 unspecified atom stereocenters. The molecule has 0 aliphatic rings. The number of rotatable bonds is 7. The maximum atomic E-state index is 12.7. The second-order valence-corrected chi connectivity index (χ2v) is 8.90. The van der Waals surface area contributed by atoms with E-state index in [1.807, 2.05) is 18.4 Å². The van der Waals surface area contributed by atoms with E-state index in [2.05, 4.69) is 10.0 Å². The lowest BCUT2D eigenvalue weighted by molar-refractivity contribution is -0.116. The summed E-state index contributed by atoms with van der Waals surface area (Å²) in [5, 5.41) is 2.86. The van der Waals surface area contributed by atoms with E-state index < -0.39 is 15.9 Å². The van der Waals surface area contributed by atoms with Crippen molar-refractivity contribution in [2.45, 2.75) is 9.79 Å². The smallest absolute Gasteiger partial charge is 0.255 e. The van der Waals surface area contributed by atoms with E-state index in [0.717, 1.165) is 4.90 Å². The van der Waals surface area contributed by atoms with Crippen molar-refractivity contribution in [1.82, 2.24) is 9.62 Å². The Morgan fingerprint density at radius 1 is 1.18 bits per heavy atom. The summed E-state index contributed by atoms with van der Waals surface area (Å²) < 4.78 is 26.1. The van der Waals surface area contributed by atoms with Crippen molar-refractivity contribution in [3.05, 3.63) is 53.1 Å². The topological polar surface area (TPSA) is 95.6 Å². The SMILES string of the molecule is CNS(=O)(=O)c1ccc(Cl)c(C(=O)N(C)CC(=O)Nc2ccccc2SC)c1. The highest BCUT2D eigenvalue weighted by Gasteiger charge is 2.21. The highest BCUT2D eigenvalue weighted by atomic mass is 35.5. The fourth-order valence-electron chi connectivity index (χ4n) is 2.38. The molecule has 2 aromatic rings. The molecule has 0 fully saturated rings. The van der Waals surface area contributed by atoms with Crippen LogP contribution in [0, 0.1) is 0 Å². The first kappa shape index (κ1) is 22.2. The lowest BCUT2D eigenvalue weighted by Crippen LogP contribution is -2.35. The van der Waals surface area contributed by atoms with E-state index in [1.165, 1.54) is 49.0 Å². The van der Waals surface area contributed by atoms with Crippen LogP contribution in [0.25, 0.3) is 0 Å². The van der Waals surface area contributed by atoms with Crippen molar-refractivity contribution < 1.29 is 18.0 Å². The Hall–Kier alpha value is -2.07. The van der Waals surface area contributed by atoms with Gasteiger partial charge < -0.3 is 10.2 Å². The van der Waals surface area contributed by atoms with Crippen molar-refractivity contribution in [2.75, 3.05) is 32.2 Å². The molecule has 0 saturated heterocycles. The molecule has 2 amide bonds. The predicted octanol–water partition coefficient (Wildman–Crippen LogP) is 2.68. The monoisotopic (exact) mass is 441 g/mol. The molecule has 2 N–H and O–H groups in total. The maximum absolute atomic E-state index is 12.7. The first-order valence-corrected chi connectivity index (χ1v) is 11.2. The molecule has 10 heteroatoms. The Morgan fingerprint density at radius 2 is 1.86 bits per heavy atom. The third-order valence-corrected chi connectivity index (χ3v) is 6.39. The van der Waals surface area contributed by atoms with Gasteiger partial charge in [0.1, 0.15) is 0 Å². The van der Waals surface area contributed by atoms with Crippen molar-refractivity contribution in [3.63, 3.8) is 0 Å². The first-order chi connectivity index (χ1) is 13.2. The number of thioether (sulfide) groups is 1. The number of carbonyl (C=O) groups is 2. The first-order valence-electron chi connectivity index (χ1n) is 8.11. The number of nitrogens with zero attached hydrogens (tertiary/aromatic N) is 1. The highest BCUT2D eigenvalue weighted by Crippen LogP contribution is 2.25. The molecule has 0 saturated carbocycles. The van der Waals surface area contributed by atoms with Crippen molar-refractivity contribution in [2.24, 2.45) is 0 Å². The number of likely N-dealkylation sites (N-methyl/N-ethyl adjacent to an activating group) is 1. The quantitative estimate of drug-likeness (QED) is 0.644. The number of hydrogen-bond acceptors (Lipinski definition) is 5. The van der Waals surface area contributed by atoms with Crippen molar-refractivity contribution in [3.8, 4) is 0 Å². The normalized spacial score (nSPS) is 11.1. The fraction of sp³-hybridized carbons (Fsp3) is 0.222. The van der Waals surface area contributed by atoms with E-state index in [0.29, 0.717) is 5.69 Å². The summed E-state index contributed by atoms with van der Waals surface area (Å²) in [6, 6.07) is 11.1. The Kier molecular flexibility index (Phi) is 7.48. The van der Waals surface area contributed by atoms with Gasteiger partial charge in [-0.25, -0.2) is 13.1 Å². The Bertz CT molecular complexity index is 996. The average Bonchev–Trinajstić information content (AvgIpc) is 2.67. The van der Waals surface area contributed by atoms with Gasteiger partial charge in [0.25, 0.3) is 5.91 Å². The Balaban J connectivity index is 2.16. The standard InChI is InChI=1S/C18H20ClN3O4S2/c1-20-28(25,26)12-8-9-14(19)13(10-12)18(24)22(2)11-17(23)21-15-6-4-5-7-16(15)27-3/h4-10,20H,11H2,1-3H3,(H,21,23). The zero-order valence-electron chi connectivity index (χ0n) is 15.5. The summed E-state index contributed by atoms with van der Waals surface area (Å²) in [5.74, 6) is -0.945. The minimum Gasteiger partial charge on any atom is -0.332 e. The van der Waals surface area contributed by atoms with Crippen LogP contribution in [0.5, 0.6) is 0 Å². The highest BCUT2D eigenvalue weighted by molar-refractivity contribution is 7.98. The van der Waals surface area contributed by atoms with Crippen LogP contribution in [0.4, 0.5) is 5.69 Å². The van der Waals surface area contributed by atoms with Gasteiger partial charge in [-0.15, -0.1) is 11.8 Å². The molecule has 0 bridgehead atoms. The molecule has 0 aliphatic heterocycles. The van der Waals surface area contributed by atoms with Crippen molar-refractivity contribution in [1.29, 1.82) is 0 Å². The molecular formula is C18H20ClN3O4S2. The number of halogens is 1. The van der Waals surface area contributed by atoms with Crippen LogP contribution < -0.4 is 10.0 Å². The molecule has 0 aromatic heterocycles. The van der Waals surface area contributed by atoms with Gasteiger partial charge in [0.05, 0.1) is 27.7 Å². The second-order valence-electron chi connectivity index (χ2n) is 5.76. The number of sulfonamides is 1. The van der Waals surface area contributed by atoms with Gasteiger partial charge >= 0.3 is 0 Å². The summed E-state index contributed by atoms with van der Waals surface area (Å²) >= 11 is 7.56.